The SMILES string of the molecule is CCCc1ccc2[nH]c(=O)c(CNc3nc(C)ccc3O)cc2c1. The third kappa shape index (κ3) is 3.40. The van der Waals surface area contributed by atoms with Crippen LogP contribution in [0.25, 0.3) is 10.9 Å². The largest absolute Gasteiger partial charge is 0.504 e. The van der Waals surface area contributed by atoms with Gasteiger partial charge in [0, 0.05) is 23.3 Å². The van der Waals surface area contributed by atoms with Crippen LogP contribution in [0.3, 0.4) is 0 Å². The molecule has 0 radical (unpaired) electrons. The molecule has 0 amide bonds. The number of hydrogen-bond acceptors (Lipinski definition) is 4. The molecule has 0 aliphatic carbocycles. The highest BCUT2D eigenvalue weighted by molar-refractivity contribution is 5.79. The number of H-pyrrole nitrogens is 1. The van der Waals surface area contributed by atoms with E-state index >= 15 is 0 Å². The molecular formula is C19H21N3O2. The molecular weight excluding hydrogens is 302 g/mol. The molecule has 0 saturated carbocycles. The molecule has 5 heteroatoms. The molecule has 2 heterocycles. The molecule has 0 spiro atoms. The second-order valence-corrected chi connectivity index (χ2v) is 5.97. The summed E-state index contributed by atoms with van der Waals surface area (Å²) >= 11 is 0. The molecule has 5 nitrogen and oxygen atoms in total. The zero-order valence-electron chi connectivity index (χ0n) is 13.9. The van der Waals surface area contributed by atoms with E-state index in [4.69, 9.17) is 0 Å². The van der Waals surface area contributed by atoms with Crippen molar-refractivity contribution in [3.05, 3.63) is 63.6 Å². The number of rotatable bonds is 5. The molecule has 1 aromatic carbocycles. The summed E-state index contributed by atoms with van der Waals surface area (Å²) in [7, 11) is 0. The Morgan fingerprint density at radius 2 is 2.04 bits per heavy atom. The van der Waals surface area contributed by atoms with Crippen molar-refractivity contribution in [3.8, 4) is 5.75 Å². The Hall–Kier alpha value is -2.82. The maximum absolute atomic E-state index is 12.2. The number of aromatic nitrogens is 2. The van der Waals surface area contributed by atoms with Crippen LogP contribution in [0, 0.1) is 6.92 Å². The summed E-state index contributed by atoms with van der Waals surface area (Å²) < 4.78 is 0. The number of aryl methyl sites for hydroxylation is 2. The molecule has 3 aromatic rings. The minimum Gasteiger partial charge on any atom is -0.504 e. The number of anilines is 1. The summed E-state index contributed by atoms with van der Waals surface area (Å²) in [6.07, 6.45) is 2.10. The number of aromatic amines is 1. The predicted molar refractivity (Wildman–Crippen MR) is 96.5 cm³/mol. The number of fused-ring (bicyclic) bond motifs is 1. The van der Waals surface area contributed by atoms with Gasteiger partial charge in [0.2, 0.25) is 0 Å². The van der Waals surface area contributed by atoms with E-state index in [2.05, 4.69) is 34.3 Å². The van der Waals surface area contributed by atoms with Crippen molar-refractivity contribution in [2.45, 2.75) is 33.2 Å². The number of aromatic hydroxyl groups is 1. The lowest BCUT2D eigenvalue weighted by molar-refractivity contribution is 0.474. The van der Waals surface area contributed by atoms with Crippen LogP contribution in [0.2, 0.25) is 0 Å². The van der Waals surface area contributed by atoms with Crippen molar-refractivity contribution in [1.29, 1.82) is 0 Å². The van der Waals surface area contributed by atoms with Gasteiger partial charge in [-0.3, -0.25) is 4.79 Å². The van der Waals surface area contributed by atoms with Gasteiger partial charge in [-0.05, 0) is 54.6 Å². The lowest BCUT2D eigenvalue weighted by Crippen LogP contribution is -2.16. The zero-order valence-corrected chi connectivity index (χ0v) is 13.9. The summed E-state index contributed by atoms with van der Waals surface area (Å²) in [6.45, 7) is 4.30. The fourth-order valence-electron chi connectivity index (χ4n) is 2.74. The van der Waals surface area contributed by atoms with Crippen molar-refractivity contribution < 1.29 is 5.11 Å². The molecule has 0 aliphatic rings. The minimum absolute atomic E-state index is 0.0723. The molecule has 3 N–H and O–H groups in total. The standard InChI is InChI=1S/C19H21N3O2/c1-3-4-13-6-7-16-14(9-13)10-15(19(24)22-16)11-20-18-17(23)8-5-12(2)21-18/h5-10,23H,3-4,11H2,1-2H3,(H,20,21)(H,22,24). The van der Waals surface area contributed by atoms with Crippen molar-refractivity contribution in [1.82, 2.24) is 9.97 Å². The average molecular weight is 323 g/mol. The Labute approximate surface area is 140 Å². The van der Waals surface area contributed by atoms with E-state index in [1.807, 2.05) is 19.1 Å². The van der Waals surface area contributed by atoms with Gasteiger partial charge < -0.3 is 15.4 Å². The van der Waals surface area contributed by atoms with Crippen molar-refractivity contribution in [2.24, 2.45) is 0 Å². The van der Waals surface area contributed by atoms with E-state index in [-0.39, 0.29) is 11.3 Å². The average Bonchev–Trinajstić information content (AvgIpc) is 2.56. The highest BCUT2D eigenvalue weighted by atomic mass is 16.3. The number of nitrogens with one attached hydrogen (secondary N) is 2. The van der Waals surface area contributed by atoms with Gasteiger partial charge in [-0.1, -0.05) is 19.4 Å². The molecule has 0 atom stereocenters. The normalized spacial score (nSPS) is 10.9. The van der Waals surface area contributed by atoms with Gasteiger partial charge in [-0.15, -0.1) is 0 Å². The predicted octanol–water partition coefficient (Wildman–Crippen LogP) is 3.50. The molecule has 0 aliphatic heterocycles. The molecule has 24 heavy (non-hydrogen) atoms. The van der Waals surface area contributed by atoms with Crippen LogP contribution in [0.4, 0.5) is 5.82 Å². The highest BCUT2D eigenvalue weighted by Crippen LogP contribution is 2.21. The second kappa shape index (κ2) is 6.74. The third-order valence-corrected chi connectivity index (χ3v) is 3.98. The maximum Gasteiger partial charge on any atom is 0.253 e. The molecule has 3 rings (SSSR count). The first kappa shape index (κ1) is 16.1. The van der Waals surface area contributed by atoms with Gasteiger partial charge in [0.25, 0.3) is 5.56 Å². The van der Waals surface area contributed by atoms with E-state index in [0.717, 1.165) is 29.4 Å². The van der Waals surface area contributed by atoms with Gasteiger partial charge in [-0.25, -0.2) is 4.98 Å². The Balaban J connectivity index is 1.89. The monoisotopic (exact) mass is 323 g/mol. The molecule has 0 saturated heterocycles. The number of nitrogens with zero attached hydrogens (tertiary/aromatic N) is 1. The van der Waals surface area contributed by atoms with E-state index in [1.165, 1.54) is 5.56 Å². The van der Waals surface area contributed by atoms with Gasteiger partial charge >= 0.3 is 0 Å². The van der Waals surface area contributed by atoms with Crippen LogP contribution >= 0.6 is 0 Å². The lowest BCUT2D eigenvalue weighted by atomic mass is 10.1. The van der Waals surface area contributed by atoms with Gasteiger partial charge in [0.05, 0.1) is 0 Å². The summed E-state index contributed by atoms with van der Waals surface area (Å²) in [6, 6.07) is 11.3. The van der Waals surface area contributed by atoms with E-state index in [9.17, 15) is 9.90 Å². The van der Waals surface area contributed by atoms with Gasteiger partial charge in [-0.2, -0.15) is 0 Å². The quantitative estimate of drug-likeness (QED) is 0.671. The van der Waals surface area contributed by atoms with E-state index < -0.39 is 0 Å². The van der Waals surface area contributed by atoms with Gasteiger partial charge in [0.1, 0.15) is 0 Å². The van der Waals surface area contributed by atoms with Crippen molar-refractivity contribution in [2.75, 3.05) is 5.32 Å². The summed E-state index contributed by atoms with van der Waals surface area (Å²) in [4.78, 5) is 19.4. The van der Waals surface area contributed by atoms with Crippen molar-refractivity contribution in [3.63, 3.8) is 0 Å². The molecule has 2 aromatic heterocycles. The maximum atomic E-state index is 12.2. The van der Waals surface area contributed by atoms with Crippen LogP contribution in [0.1, 0.15) is 30.2 Å². The Kier molecular flexibility index (Phi) is 4.51. The Bertz CT molecular complexity index is 932. The lowest BCUT2D eigenvalue weighted by Gasteiger charge is -2.09. The number of hydrogen-bond donors (Lipinski definition) is 3. The smallest absolute Gasteiger partial charge is 0.253 e. The molecule has 0 fully saturated rings. The van der Waals surface area contributed by atoms with Crippen LogP contribution in [-0.2, 0) is 13.0 Å². The first-order chi connectivity index (χ1) is 11.6. The fourth-order valence-corrected chi connectivity index (χ4v) is 2.74. The number of pyridine rings is 2. The summed E-state index contributed by atoms with van der Waals surface area (Å²) in [5.74, 6) is 0.456. The highest BCUT2D eigenvalue weighted by Gasteiger charge is 2.07. The zero-order chi connectivity index (χ0) is 17.1. The summed E-state index contributed by atoms with van der Waals surface area (Å²) in [5.41, 5.74) is 3.37. The molecule has 0 unspecified atom stereocenters. The topological polar surface area (TPSA) is 78.0 Å². The molecule has 0 bridgehead atoms. The molecule has 124 valence electrons. The van der Waals surface area contributed by atoms with E-state index in [1.54, 1.807) is 12.1 Å². The van der Waals surface area contributed by atoms with Crippen LogP contribution in [-0.4, -0.2) is 15.1 Å². The first-order valence-corrected chi connectivity index (χ1v) is 8.12. The Morgan fingerprint density at radius 3 is 2.83 bits per heavy atom. The van der Waals surface area contributed by atoms with E-state index in [0.29, 0.717) is 17.9 Å². The van der Waals surface area contributed by atoms with Crippen LogP contribution in [0.5, 0.6) is 5.75 Å². The Morgan fingerprint density at radius 1 is 1.21 bits per heavy atom. The summed E-state index contributed by atoms with van der Waals surface area (Å²) in [5, 5.41) is 13.9. The minimum atomic E-state index is -0.134. The van der Waals surface area contributed by atoms with Crippen LogP contribution < -0.4 is 10.9 Å². The van der Waals surface area contributed by atoms with Crippen molar-refractivity contribution >= 4 is 16.7 Å². The van der Waals surface area contributed by atoms with Crippen LogP contribution in [0.15, 0.2) is 41.2 Å². The number of benzene rings is 1. The first-order valence-electron chi connectivity index (χ1n) is 8.12. The third-order valence-electron chi connectivity index (χ3n) is 3.98. The fraction of sp³-hybridized carbons (Fsp3) is 0.263. The van der Waals surface area contributed by atoms with Gasteiger partial charge in [0.15, 0.2) is 11.6 Å². The second-order valence-electron chi connectivity index (χ2n) is 5.97.